The lowest BCUT2D eigenvalue weighted by Crippen LogP contribution is -2.37. The largest absolute Gasteiger partial charge is 0.493 e. The van der Waals surface area contributed by atoms with Gasteiger partial charge < -0.3 is 24.6 Å². The molecule has 0 radical (unpaired) electrons. The van der Waals surface area contributed by atoms with E-state index in [1.807, 2.05) is 18.2 Å². The predicted octanol–water partition coefficient (Wildman–Crippen LogP) is 2.68. The number of hydrogen-bond donors (Lipinski definition) is 2. The number of rotatable bonds is 7. The number of carbonyl (C=O) groups is 1. The van der Waals surface area contributed by atoms with Crippen molar-refractivity contribution in [3.63, 3.8) is 0 Å². The number of urea groups is 1. The highest BCUT2D eigenvalue weighted by atomic mass is 35.5. The molecular formula is C22H23Cl2N7O4. The van der Waals surface area contributed by atoms with Gasteiger partial charge in [0, 0.05) is 44.4 Å². The van der Waals surface area contributed by atoms with E-state index in [2.05, 4.69) is 20.5 Å². The fourth-order valence-corrected chi connectivity index (χ4v) is 5.00. The maximum atomic E-state index is 13.1. The molecule has 13 heteroatoms. The van der Waals surface area contributed by atoms with Crippen LogP contribution in [0.4, 0.5) is 16.3 Å². The second-order valence-electron chi connectivity index (χ2n) is 8.10. The Bertz CT molecular complexity index is 1340. The minimum Gasteiger partial charge on any atom is -0.493 e. The molecule has 0 unspecified atom stereocenters. The average Bonchev–Trinajstić information content (AvgIpc) is 3.42. The minimum absolute atomic E-state index is 0.132. The van der Waals surface area contributed by atoms with Gasteiger partial charge >= 0.3 is 11.7 Å². The first-order valence-electron chi connectivity index (χ1n) is 11.0. The Hall–Kier alpha value is -3.44. The summed E-state index contributed by atoms with van der Waals surface area (Å²) in [6.07, 6.45) is 0.650. The number of carbonyl (C=O) groups excluding carboxylic acids is 1. The second kappa shape index (κ2) is 9.31. The molecule has 184 valence electrons. The summed E-state index contributed by atoms with van der Waals surface area (Å²) in [6, 6.07) is 5.45. The van der Waals surface area contributed by atoms with Gasteiger partial charge in [0.05, 0.1) is 19.9 Å². The molecule has 1 saturated heterocycles. The van der Waals surface area contributed by atoms with Gasteiger partial charge in [0.15, 0.2) is 16.7 Å². The summed E-state index contributed by atoms with van der Waals surface area (Å²) >= 11 is 12.7. The van der Waals surface area contributed by atoms with Crippen LogP contribution in [0.25, 0.3) is 11.3 Å². The highest BCUT2D eigenvalue weighted by molar-refractivity contribution is 6.38. The van der Waals surface area contributed by atoms with E-state index < -0.39 is 5.69 Å². The summed E-state index contributed by atoms with van der Waals surface area (Å²) in [5.74, 6) is 1.52. The van der Waals surface area contributed by atoms with E-state index in [1.165, 1.54) is 0 Å². The first kappa shape index (κ1) is 23.3. The summed E-state index contributed by atoms with van der Waals surface area (Å²) in [7, 11) is 3.15. The maximum absolute atomic E-state index is 13.1. The molecule has 0 spiro atoms. The lowest BCUT2D eigenvalue weighted by atomic mass is 9.96. The SMILES string of the molecule is COc1cc2c(cc1OC)-c1cc(N(CCN3CCNC3=O)c3c(Cl)n[nH]c3Cl)nc(=O)n1CC2. The number of fused-ring (bicyclic) bond motifs is 3. The van der Waals surface area contributed by atoms with E-state index in [0.29, 0.717) is 67.8 Å². The molecule has 1 aromatic carbocycles. The summed E-state index contributed by atoms with van der Waals surface area (Å²) in [4.78, 5) is 32.9. The molecule has 1 fully saturated rings. The average molecular weight is 520 g/mol. The Morgan fingerprint density at radius 1 is 1.11 bits per heavy atom. The van der Waals surface area contributed by atoms with Crippen molar-refractivity contribution in [2.75, 3.05) is 45.3 Å². The molecular weight excluding hydrogens is 497 g/mol. The maximum Gasteiger partial charge on any atom is 0.350 e. The van der Waals surface area contributed by atoms with Gasteiger partial charge in [-0.15, -0.1) is 0 Å². The van der Waals surface area contributed by atoms with Crippen molar-refractivity contribution in [3.8, 4) is 22.8 Å². The number of amides is 2. The van der Waals surface area contributed by atoms with Crippen molar-refractivity contribution in [3.05, 3.63) is 44.6 Å². The molecule has 4 heterocycles. The highest BCUT2D eigenvalue weighted by Crippen LogP contribution is 2.40. The molecule has 0 aliphatic carbocycles. The van der Waals surface area contributed by atoms with E-state index in [4.69, 9.17) is 32.7 Å². The van der Waals surface area contributed by atoms with Crippen LogP contribution in [0, 0.1) is 0 Å². The fraction of sp³-hybridized carbons (Fsp3) is 0.364. The Morgan fingerprint density at radius 3 is 2.54 bits per heavy atom. The van der Waals surface area contributed by atoms with Crippen LogP contribution >= 0.6 is 23.2 Å². The van der Waals surface area contributed by atoms with Gasteiger partial charge in [0.25, 0.3) is 0 Å². The predicted molar refractivity (Wildman–Crippen MR) is 131 cm³/mol. The molecule has 2 aromatic heterocycles. The first-order chi connectivity index (χ1) is 16.9. The van der Waals surface area contributed by atoms with Crippen LogP contribution in [0.15, 0.2) is 23.0 Å². The summed E-state index contributed by atoms with van der Waals surface area (Å²) in [5, 5.41) is 9.74. The van der Waals surface area contributed by atoms with E-state index in [9.17, 15) is 9.59 Å². The van der Waals surface area contributed by atoms with Crippen LogP contribution in [-0.2, 0) is 13.0 Å². The Labute approximate surface area is 210 Å². The van der Waals surface area contributed by atoms with Crippen molar-refractivity contribution in [1.82, 2.24) is 30.0 Å². The minimum atomic E-state index is -0.405. The Morgan fingerprint density at radius 2 is 1.89 bits per heavy atom. The number of aromatic amines is 1. The number of ether oxygens (including phenoxy) is 2. The first-order valence-corrected chi connectivity index (χ1v) is 11.7. The van der Waals surface area contributed by atoms with E-state index >= 15 is 0 Å². The van der Waals surface area contributed by atoms with Crippen LogP contribution in [0.1, 0.15) is 5.56 Å². The number of methoxy groups -OCH3 is 2. The third kappa shape index (κ3) is 4.14. The van der Waals surface area contributed by atoms with Gasteiger partial charge in [-0.25, -0.2) is 9.59 Å². The molecule has 2 N–H and O–H groups in total. The third-order valence-corrected chi connectivity index (χ3v) is 6.76. The van der Waals surface area contributed by atoms with Crippen LogP contribution in [0.2, 0.25) is 10.3 Å². The van der Waals surface area contributed by atoms with E-state index in [1.54, 1.807) is 28.6 Å². The van der Waals surface area contributed by atoms with Gasteiger partial charge in [-0.3, -0.25) is 9.67 Å². The zero-order valence-corrected chi connectivity index (χ0v) is 20.6. The van der Waals surface area contributed by atoms with Crippen molar-refractivity contribution >= 4 is 40.7 Å². The zero-order chi connectivity index (χ0) is 24.7. The molecule has 3 aromatic rings. The fourth-order valence-electron chi connectivity index (χ4n) is 4.48. The van der Waals surface area contributed by atoms with Crippen LogP contribution in [0.5, 0.6) is 11.5 Å². The number of aryl methyl sites for hydroxylation is 1. The number of H-pyrrole nitrogens is 1. The second-order valence-corrected chi connectivity index (χ2v) is 8.83. The lowest BCUT2D eigenvalue weighted by molar-refractivity contribution is 0.218. The van der Waals surface area contributed by atoms with Gasteiger partial charge in [-0.2, -0.15) is 10.1 Å². The van der Waals surface area contributed by atoms with Gasteiger partial charge in [-0.1, -0.05) is 23.2 Å². The number of nitrogens with one attached hydrogen (secondary N) is 2. The highest BCUT2D eigenvalue weighted by Gasteiger charge is 2.27. The van der Waals surface area contributed by atoms with Crippen molar-refractivity contribution < 1.29 is 14.3 Å². The van der Waals surface area contributed by atoms with Crippen LogP contribution in [-0.4, -0.2) is 71.1 Å². The molecule has 5 rings (SSSR count). The smallest absolute Gasteiger partial charge is 0.350 e. The van der Waals surface area contributed by atoms with Crippen molar-refractivity contribution in [2.24, 2.45) is 0 Å². The van der Waals surface area contributed by atoms with E-state index in [-0.39, 0.29) is 16.3 Å². The molecule has 0 bridgehead atoms. The molecule has 2 aliphatic heterocycles. The molecule has 11 nitrogen and oxygen atoms in total. The molecule has 2 amide bonds. The zero-order valence-electron chi connectivity index (χ0n) is 19.1. The van der Waals surface area contributed by atoms with Gasteiger partial charge in [0.2, 0.25) is 0 Å². The third-order valence-electron chi connectivity index (χ3n) is 6.23. The molecule has 35 heavy (non-hydrogen) atoms. The lowest BCUT2D eigenvalue weighted by Gasteiger charge is -2.28. The number of anilines is 2. The Kier molecular flexibility index (Phi) is 6.20. The normalized spacial score (nSPS) is 14.4. The topological polar surface area (TPSA) is 118 Å². The van der Waals surface area contributed by atoms with E-state index in [0.717, 1.165) is 11.1 Å². The van der Waals surface area contributed by atoms with Crippen molar-refractivity contribution in [2.45, 2.75) is 13.0 Å². The van der Waals surface area contributed by atoms with Crippen LogP contribution < -0.4 is 25.4 Å². The molecule has 0 atom stereocenters. The Balaban J connectivity index is 1.61. The monoisotopic (exact) mass is 519 g/mol. The summed E-state index contributed by atoms with van der Waals surface area (Å²) in [5.41, 5.74) is 2.53. The molecule has 0 saturated carbocycles. The summed E-state index contributed by atoms with van der Waals surface area (Å²) in [6.45, 7) is 2.29. The number of nitrogens with zero attached hydrogens (tertiary/aromatic N) is 5. The van der Waals surface area contributed by atoms with Gasteiger partial charge in [-0.05, 0) is 24.1 Å². The van der Waals surface area contributed by atoms with Crippen molar-refractivity contribution in [1.29, 1.82) is 0 Å². The van der Waals surface area contributed by atoms with Crippen LogP contribution in [0.3, 0.4) is 0 Å². The number of aromatic nitrogens is 4. The molecule has 2 aliphatic rings. The van der Waals surface area contributed by atoms with Gasteiger partial charge in [0.1, 0.15) is 16.7 Å². The summed E-state index contributed by atoms with van der Waals surface area (Å²) < 4.78 is 12.6. The number of hydrogen-bond acceptors (Lipinski definition) is 7. The standard InChI is InChI=1S/C22H23Cl2N7O4/c1-34-15-9-12-3-5-30-14(13(12)10-16(15)35-2)11-17(26-22(30)33)31(18-19(23)27-28-20(18)24)8-7-29-6-4-25-21(29)32/h9-11H,3-8H2,1-2H3,(H,25,32)(H,27,28). The number of halogens is 2. The number of benzene rings is 1. The quantitative estimate of drug-likeness (QED) is 0.492.